The van der Waals surface area contributed by atoms with Crippen LogP contribution in [0.25, 0.3) is 33.8 Å². The van der Waals surface area contributed by atoms with Gasteiger partial charge in [-0.25, -0.2) is 4.39 Å². The molecule has 0 N–H and O–H groups in total. The van der Waals surface area contributed by atoms with E-state index in [2.05, 4.69) is 20.4 Å². The molecule has 8 nitrogen and oxygen atoms in total. The van der Waals surface area contributed by atoms with Crippen LogP contribution in [0.15, 0.2) is 82.7 Å². The highest BCUT2D eigenvalue weighted by Crippen LogP contribution is 2.31. The van der Waals surface area contributed by atoms with E-state index in [0.29, 0.717) is 39.3 Å². The number of fused-ring (bicyclic) bond motifs is 3. The molecule has 0 saturated carbocycles. The summed E-state index contributed by atoms with van der Waals surface area (Å²) in [5.41, 5.74) is 2.92. The first-order valence-electron chi connectivity index (χ1n) is 11.2. The first-order valence-corrected chi connectivity index (χ1v) is 12.2. The molecule has 0 radical (unpaired) electrons. The minimum Gasteiger partial charge on any atom is -0.279 e. The van der Waals surface area contributed by atoms with E-state index in [9.17, 15) is 9.18 Å². The van der Waals surface area contributed by atoms with Crippen molar-refractivity contribution in [2.45, 2.75) is 17.8 Å². The average molecular weight is 498 g/mol. The Kier molecular flexibility index (Phi) is 5.37. The molecule has 3 heterocycles. The fourth-order valence-electron chi connectivity index (χ4n) is 4.22. The largest absolute Gasteiger partial charge is 0.279 e. The Morgan fingerprint density at radius 2 is 1.64 bits per heavy atom. The van der Waals surface area contributed by atoms with Crippen LogP contribution in [0.3, 0.4) is 0 Å². The maximum Gasteiger partial charge on any atom is 0.262 e. The Hall–Kier alpha value is -4.31. The van der Waals surface area contributed by atoms with Gasteiger partial charge in [-0.3, -0.25) is 18.3 Å². The molecule has 0 aliphatic heterocycles. The van der Waals surface area contributed by atoms with Crippen molar-refractivity contribution in [1.82, 2.24) is 33.9 Å². The topological polar surface area (TPSA) is 82.9 Å². The van der Waals surface area contributed by atoms with Crippen molar-refractivity contribution in [3.63, 3.8) is 0 Å². The standard InChI is InChI=1S/C26H20FN7OS/c1-16-11-13-17(14-12-16)33-23(18-7-3-5-9-20(18)27)29-31-26(33)36-15-22-28-30-25-32(2)24(35)19-8-4-6-10-21(19)34(22)25/h3-14H,15H2,1-2H3. The lowest BCUT2D eigenvalue weighted by molar-refractivity contribution is 0.629. The van der Waals surface area contributed by atoms with Crippen molar-refractivity contribution in [2.75, 3.05) is 0 Å². The number of aromatic nitrogens is 7. The minimum absolute atomic E-state index is 0.127. The molecule has 6 rings (SSSR count). The van der Waals surface area contributed by atoms with Crippen LogP contribution in [0.1, 0.15) is 11.4 Å². The fourth-order valence-corrected chi connectivity index (χ4v) is 5.09. The highest BCUT2D eigenvalue weighted by molar-refractivity contribution is 7.98. The molecule has 0 unspecified atom stereocenters. The van der Waals surface area contributed by atoms with Crippen LogP contribution in [0.5, 0.6) is 0 Å². The van der Waals surface area contributed by atoms with E-state index >= 15 is 0 Å². The molecule has 3 aromatic carbocycles. The Bertz CT molecular complexity index is 1800. The molecule has 0 fully saturated rings. The van der Waals surface area contributed by atoms with Gasteiger partial charge in [-0.1, -0.05) is 53.7 Å². The summed E-state index contributed by atoms with van der Waals surface area (Å²) >= 11 is 1.41. The quantitative estimate of drug-likeness (QED) is 0.325. The molecule has 0 atom stereocenters. The first-order chi connectivity index (χ1) is 17.5. The number of thioether (sulfide) groups is 1. The van der Waals surface area contributed by atoms with Crippen LogP contribution in [-0.4, -0.2) is 33.9 Å². The zero-order chi connectivity index (χ0) is 24.8. The summed E-state index contributed by atoms with van der Waals surface area (Å²) in [6.07, 6.45) is 0. The molecule has 0 saturated heterocycles. The van der Waals surface area contributed by atoms with Gasteiger partial charge in [-0.05, 0) is 43.3 Å². The Morgan fingerprint density at radius 3 is 2.44 bits per heavy atom. The summed E-state index contributed by atoms with van der Waals surface area (Å²) in [6, 6.07) is 21.8. The highest BCUT2D eigenvalue weighted by Gasteiger charge is 2.20. The zero-order valence-electron chi connectivity index (χ0n) is 19.5. The molecule has 10 heteroatoms. The lowest BCUT2D eigenvalue weighted by atomic mass is 10.2. The lowest BCUT2D eigenvalue weighted by Gasteiger charge is -2.11. The SMILES string of the molecule is Cc1ccc(-n2c(SCc3nnc4n(C)c(=O)c5ccccc5n34)nnc2-c2ccccc2F)cc1. The van der Waals surface area contributed by atoms with E-state index in [1.54, 1.807) is 31.3 Å². The molecule has 0 aliphatic carbocycles. The number of hydrogen-bond acceptors (Lipinski definition) is 6. The average Bonchev–Trinajstić information content (AvgIpc) is 3.51. The van der Waals surface area contributed by atoms with Crippen molar-refractivity contribution >= 4 is 28.4 Å². The van der Waals surface area contributed by atoms with Gasteiger partial charge in [-0.2, -0.15) is 0 Å². The molecular formula is C26H20FN7OS. The van der Waals surface area contributed by atoms with Gasteiger partial charge in [0.2, 0.25) is 5.78 Å². The number of hydrogen-bond donors (Lipinski definition) is 0. The lowest BCUT2D eigenvalue weighted by Crippen LogP contribution is -2.20. The van der Waals surface area contributed by atoms with E-state index in [1.807, 2.05) is 58.4 Å². The number of nitrogens with zero attached hydrogens (tertiary/aromatic N) is 7. The van der Waals surface area contributed by atoms with Crippen LogP contribution >= 0.6 is 11.8 Å². The minimum atomic E-state index is -0.370. The van der Waals surface area contributed by atoms with E-state index in [4.69, 9.17) is 0 Å². The van der Waals surface area contributed by atoms with E-state index in [1.165, 1.54) is 22.4 Å². The van der Waals surface area contributed by atoms with Crippen molar-refractivity contribution in [3.05, 3.63) is 100 Å². The van der Waals surface area contributed by atoms with Gasteiger partial charge in [0.25, 0.3) is 5.56 Å². The molecule has 0 spiro atoms. The van der Waals surface area contributed by atoms with Crippen molar-refractivity contribution < 1.29 is 4.39 Å². The van der Waals surface area contributed by atoms with Gasteiger partial charge < -0.3 is 0 Å². The maximum absolute atomic E-state index is 14.7. The smallest absolute Gasteiger partial charge is 0.262 e. The third-order valence-corrected chi connectivity index (χ3v) is 6.99. The summed E-state index contributed by atoms with van der Waals surface area (Å²) < 4.78 is 19.9. The second-order valence-electron chi connectivity index (χ2n) is 8.38. The van der Waals surface area contributed by atoms with Crippen molar-refractivity contribution in [3.8, 4) is 17.1 Å². The van der Waals surface area contributed by atoms with Gasteiger partial charge in [-0.15, -0.1) is 20.4 Å². The van der Waals surface area contributed by atoms with Crippen LogP contribution < -0.4 is 5.56 Å². The Labute approximate surface area is 209 Å². The van der Waals surface area contributed by atoms with Gasteiger partial charge in [0.1, 0.15) is 11.6 Å². The molecule has 178 valence electrons. The van der Waals surface area contributed by atoms with Crippen LogP contribution in [-0.2, 0) is 12.8 Å². The molecule has 6 aromatic rings. The molecule has 3 aromatic heterocycles. The monoisotopic (exact) mass is 497 g/mol. The summed E-state index contributed by atoms with van der Waals surface area (Å²) in [6.45, 7) is 2.01. The van der Waals surface area contributed by atoms with Crippen LogP contribution in [0.2, 0.25) is 0 Å². The van der Waals surface area contributed by atoms with Crippen LogP contribution in [0, 0.1) is 12.7 Å². The number of para-hydroxylation sites is 1. The predicted molar refractivity (Wildman–Crippen MR) is 137 cm³/mol. The van der Waals surface area contributed by atoms with E-state index < -0.39 is 0 Å². The third kappa shape index (κ3) is 3.57. The second-order valence-corrected chi connectivity index (χ2v) is 9.32. The first kappa shape index (κ1) is 22.2. The zero-order valence-corrected chi connectivity index (χ0v) is 20.3. The summed E-state index contributed by atoms with van der Waals surface area (Å²) in [7, 11) is 1.68. The molecular weight excluding hydrogens is 477 g/mol. The van der Waals surface area contributed by atoms with Crippen molar-refractivity contribution in [1.29, 1.82) is 0 Å². The number of benzene rings is 3. The molecule has 0 bridgehead atoms. The van der Waals surface area contributed by atoms with E-state index in [0.717, 1.165) is 16.8 Å². The summed E-state index contributed by atoms with van der Waals surface area (Å²) in [4.78, 5) is 12.7. The van der Waals surface area contributed by atoms with Crippen LogP contribution in [0.4, 0.5) is 4.39 Å². The third-order valence-electron chi connectivity index (χ3n) is 6.06. The Balaban J connectivity index is 1.46. The molecule has 36 heavy (non-hydrogen) atoms. The van der Waals surface area contributed by atoms with E-state index in [-0.39, 0.29) is 11.4 Å². The molecule has 0 amide bonds. The fraction of sp³-hybridized carbons (Fsp3) is 0.115. The number of rotatable bonds is 5. The molecule has 0 aliphatic rings. The van der Waals surface area contributed by atoms with Gasteiger partial charge in [0, 0.05) is 12.7 Å². The Morgan fingerprint density at radius 1 is 0.889 bits per heavy atom. The number of aryl methyl sites for hydroxylation is 2. The summed E-state index contributed by atoms with van der Waals surface area (Å²) in [5, 5.41) is 18.6. The summed E-state index contributed by atoms with van der Waals surface area (Å²) in [5.74, 6) is 1.57. The normalized spacial score (nSPS) is 11.5. The van der Waals surface area contributed by atoms with Gasteiger partial charge >= 0.3 is 0 Å². The maximum atomic E-state index is 14.7. The second kappa shape index (κ2) is 8.72. The number of halogens is 1. The van der Waals surface area contributed by atoms with Gasteiger partial charge in [0.05, 0.1) is 22.2 Å². The predicted octanol–water partition coefficient (Wildman–Crippen LogP) is 4.57. The van der Waals surface area contributed by atoms with Gasteiger partial charge in [0.15, 0.2) is 11.0 Å². The highest BCUT2D eigenvalue weighted by atomic mass is 32.2. The van der Waals surface area contributed by atoms with Crippen molar-refractivity contribution in [2.24, 2.45) is 7.05 Å².